The van der Waals surface area contributed by atoms with Gasteiger partial charge in [-0.05, 0) is 48.6 Å². The number of carbonyl (C=O) groups excluding carboxylic acids is 2. The number of carbonyl (C=O) groups is 2. The van der Waals surface area contributed by atoms with Crippen molar-refractivity contribution in [2.45, 2.75) is 37.5 Å². The molecule has 1 aromatic carbocycles. The molecule has 1 aliphatic heterocycles. The lowest BCUT2D eigenvalue weighted by Crippen LogP contribution is -2.42. The number of halogens is 6. The molecule has 0 saturated heterocycles. The van der Waals surface area contributed by atoms with Crippen molar-refractivity contribution in [3.05, 3.63) is 54.7 Å². The second-order valence-corrected chi connectivity index (χ2v) is 9.98. The van der Waals surface area contributed by atoms with Crippen molar-refractivity contribution in [1.82, 2.24) is 10.6 Å². The number of hydrogen-bond donors (Lipinski definition) is 2. The van der Waals surface area contributed by atoms with Gasteiger partial charge in [0.05, 0.1) is 22.7 Å². The van der Waals surface area contributed by atoms with Gasteiger partial charge in [0.1, 0.15) is 12.4 Å². The molecule has 0 spiro atoms. The number of nitrogens with one attached hydrogen (secondary N) is 2. The largest absolute Gasteiger partial charge is 0.435 e. The van der Waals surface area contributed by atoms with E-state index in [2.05, 4.69) is 15.8 Å². The van der Waals surface area contributed by atoms with E-state index in [1.165, 1.54) is 6.07 Å². The molecule has 1 unspecified atom stereocenters. The predicted molar refractivity (Wildman–Crippen MR) is 124 cm³/mol. The summed E-state index contributed by atoms with van der Waals surface area (Å²) in [5.74, 6) is -1.08. The molecule has 2 heterocycles. The Labute approximate surface area is 211 Å². The van der Waals surface area contributed by atoms with Gasteiger partial charge in [-0.25, -0.2) is 4.39 Å². The molecule has 2 N–H and O–H groups in total. The number of nitrogens with zero attached hydrogens (tertiary/aromatic N) is 1. The first-order chi connectivity index (χ1) is 16.6. The third-order valence-electron chi connectivity index (χ3n) is 5.78. The van der Waals surface area contributed by atoms with Gasteiger partial charge in [0.2, 0.25) is 5.91 Å². The summed E-state index contributed by atoms with van der Waals surface area (Å²) < 4.78 is 55.1. The Morgan fingerprint density at radius 2 is 1.80 bits per heavy atom. The Kier molecular flexibility index (Phi) is 7.31. The van der Waals surface area contributed by atoms with Gasteiger partial charge < -0.3 is 15.5 Å². The molecule has 188 valence electrons. The van der Waals surface area contributed by atoms with Crippen LogP contribution in [0.15, 0.2) is 23.4 Å². The smallest absolute Gasteiger partial charge is 0.374 e. The molecular weight excluding hydrogens is 533 g/mol. The Morgan fingerprint density at radius 1 is 1.11 bits per heavy atom. The lowest BCUT2D eigenvalue weighted by molar-refractivity contribution is -0.275. The van der Waals surface area contributed by atoms with Crippen LogP contribution in [-0.2, 0) is 28.1 Å². The van der Waals surface area contributed by atoms with Crippen LogP contribution >= 0.6 is 34.5 Å². The lowest BCUT2D eigenvalue weighted by Gasteiger charge is -2.29. The van der Waals surface area contributed by atoms with Crippen LogP contribution in [0.4, 0.5) is 17.6 Å². The zero-order chi connectivity index (χ0) is 25.4. The first-order valence-corrected chi connectivity index (χ1v) is 12.2. The summed E-state index contributed by atoms with van der Waals surface area (Å²) in [5, 5.41) is 8.64. The molecular formula is C22H19Cl2F4N3O3S. The standard InChI is InChI=1S/C22H19Cl2F4N3O3S/c23-12-6-11(7-13(24)8-12)21(22(26,27)28)9-16(31-34-21)18-14-2-1-3-15(14)19(35-18)20(33)30-10-17(32)29-5-4-25/h6-8H,1-5,9-10H2,(H,29,32)(H,30,33). The van der Waals surface area contributed by atoms with E-state index in [9.17, 15) is 27.2 Å². The second kappa shape index (κ2) is 9.94. The fraction of sp³-hybridized carbons (Fsp3) is 0.409. The van der Waals surface area contributed by atoms with Crippen LogP contribution in [0.1, 0.15) is 44.1 Å². The number of alkyl halides is 4. The van der Waals surface area contributed by atoms with E-state index in [1.54, 1.807) is 0 Å². The minimum atomic E-state index is -4.83. The highest BCUT2D eigenvalue weighted by Crippen LogP contribution is 2.51. The first-order valence-electron chi connectivity index (χ1n) is 10.6. The molecule has 6 nitrogen and oxygen atoms in total. The van der Waals surface area contributed by atoms with E-state index in [0.717, 1.165) is 41.0 Å². The Balaban J connectivity index is 1.62. The topological polar surface area (TPSA) is 79.8 Å². The van der Waals surface area contributed by atoms with Crippen LogP contribution in [0.25, 0.3) is 0 Å². The summed E-state index contributed by atoms with van der Waals surface area (Å²) in [7, 11) is 0. The highest BCUT2D eigenvalue weighted by atomic mass is 35.5. The van der Waals surface area contributed by atoms with E-state index in [-0.39, 0.29) is 34.4 Å². The summed E-state index contributed by atoms with van der Waals surface area (Å²) >= 11 is 12.9. The zero-order valence-electron chi connectivity index (χ0n) is 18.0. The SMILES string of the molecule is O=C(CNC(=O)c1sc(C2=NOC(c3cc(Cl)cc(Cl)c3)(C(F)(F)F)C2)c2c1CCC2)NCCF. The van der Waals surface area contributed by atoms with Crippen molar-refractivity contribution in [3.63, 3.8) is 0 Å². The Hall–Kier alpha value is -2.37. The van der Waals surface area contributed by atoms with Crippen molar-refractivity contribution < 1.29 is 32.0 Å². The minimum absolute atomic E-state index is 0.0275. The number of benzene rings is 1. The van der Waals surface area contributed by atoms with Gasteiger partial charge >= 0.3 is 6.18 Å². The minimum Gasteiger partial charge on any atom is -0.374 e. The van der Waals surface area contributed by atoms with Crippen molar-refractivity contribution in [2.24, 2.45) is 5.16 Å². The molecule has 0 bridgehead atoms. The van der Waals surface area contributed by atoms with Gasteiger partial charge in [0, 0.05) is 22.2 Å². The fourth-order valence-corrected chi connectivity index (χ4v) is 6.01. The van der Waals surface area contributed by atoms with Gasteiger partial charge in [-0.1, -0.05) is 28.4 Å². The Morgan fingerprint density at radius 3 is 2.46 bits per heavy atom. The van der Waals surface area contributed by atoms with Crippen molar-refractivity contribution >= 4 is 52.1 Å². The zero-order valence-corrected chi connectivity index (χ0v) is 20.4. The number of rotatable bonds is 7. The molecule has 1 aromatic heterocycles. The predicted octanol–water partition coefficient (Wildman–Crippen LogP) is 4.94. The molecule has 1 aliphatic carbocycles. The van der Waals surface area contributed by atoms with E-state index < -0.39 is 36.7 Å². The lowest BCUT2D eigenvalue weighted by atomic mass is 9.87. The molecule has 4 rings (SSSR count). The van der Waals surface area contributed by atoms with E-state index in [4.69, 9.17) is 28.0 Å². The van der Waals surface area contributed by atoms with Gasteiger partial charge in [-0.2, -0.15) is 13.2 Å². The summed E-state index contributed by atoms with van der Waals surface area (Å²) in [6, 6.07) is 3.61. The average molecular weight is 552 g/mol. The number of oxime groups is 1. The first kappa shape index (κ1) is 25.7. The van der Waals surface area contributed by atoms with E-state index in [0.29, 0.717) is 22.6 Å². The molecule has 2 amide bonds. The second-order valence-electron chi connectivity index (χ2n) is 8.08. The van der Waals surface area contributed by atoms with Gasteiger partial charge in [0.25, 0.3) is 11.5 Å². The summed E-state index contributed by atoms with van der Waals surface area (Å²) in [6.07, 6.45) is -3.57. The maximum Gasteiger partial charge on any atom is 0.435 e. The molecule has 0 radical (unpaired) electrons. The molecule has 0 fully saturated rings. The van der Waals surface area contributed by atoms with Crippen LogP contribution in [0.5, 0.6) is 0 Å². The third-order valence-corrected chi connectivity index (χ3v) is 7.54. The van der Waals surface area contributed by atoms with Gasteiger partial charge in [-0.15, -0.1) is 11.3 Å². The quantitative estimate of drug-likeness (QED) is 0.478. The monoisotopic (exact) mass is 551 g/mol. The number of hydrogen-bond acceptors (Lipinski definition) is 5. The van der Waals surface area contributed by atoms with Crippen LogP contribution < -0.4 is 10.6 Å². The molecule has 2 aliphatic rings. The Bertz CT molecular complexity index is 1180. The maximum atomic E-state index is 14.3. The molecule has 13 heteroatoms. The molecule has 1 atom stereocenters. The fourth-order valence-electron chi connectivity index (χ4n) is 4.19. The van der Waals surface area contributed by atoms with Crippen molar-refractivity contribution in [1.29, 1.82) is 0 Å². The normalized spacial score (nSPS) is 19.2. The molecule has 2 aromatic rings. The van der Waals surface area contributed by atoms with Crippen molar-refractivity contribution in [3.8, 4) is 0 Å². The van der Waals surface area contributed by atoms with Gasteiger partial charge in [-0.3, -0.25) is 9.59 Å². The number of fused-ring (bicyclic) bond motifs is 1. The highest BCUT2D eigenvalue weighted by Gasteiger charge is 2.62. The van der Waals surface area contributed by atoms with E-state index >= 15 is 0 Å². The third kappa shape index (κ3) is 4.99. The van der Waals surface area contributed by atoms with Crippen LogP contribution in [0, 0.1) is 0 Å². The van der Waals surface area contributed by atoms with E-state index in [1.807, 2.05) is 0 Å². The maximum absolute atomic E-state index is 14.3. The molecule has 35 heavy (non-hydrogen) atoms. The summed E-state index contributed by atoms with van der Waals surface area (Å²) in [4.78, 5) is 30.3. The van der Waals surface area contributed by atoms with Crippen molar-refractivity contribution in [2.75, 3.05) is 19.8 Å². The number of amides is 2. The summed E-state index contributed by atoms with van der Waals surface area (Å²) in [6.45, 7) is -1.24. The summed E-state index contributed by atoms with van der Waals surface area (Å²) in [5.41, 5.74) is -1.49. The van der Waals surface area contributed by atoms with Gasteiger partial charge in [0.15, 0.2) is 0 Å². The number of thiophene rings is 1. The van der Waals surface area contributed by atoms with Crippen LogP contribution in [0.2, 0.25) is 10.0 Å². The molecule has 0 saturated carbocycles. The average Bonchev–Trinajstić information content (AvgIpc) is 3.50. The van der Waals surface area contributed by atoms with Crippen LogP contribution in [0.3, 0.4) is 0 Å². The highest BCUT2D eigenvalue weighted by molar-refractivity contribution is 7.16. The van der Waals surface area contributed by atoms with Crippen LogP contribution in [-0.4, -0.2) is 43.5 Å².